The fourth-order valence-corrected chi connectivity index (χ4v) is 0. The van der Waals surface area contributed by atoms with E-state index in [0.29, 0.717) is 0 Å². The Morgan fingerprint density at radius 3 is 1.33 bits per heavy atom. The van der Waals surface area contributed by atoms with E-state index < -0.39 is 10.4 Å². The summed E-state index contributed by atoms with van der Waals surface area (Å²) in [6.45, 7) is 0. The summed E-state index contributed by atoms with van der Waals surface area (Å²) >= 11 is 0. The summed E-state index contributed by atoms with van der Waals surface area (Å²) in [5.74, 6) is 0. The standard InChI is InChI=1S/2K.H2O5S.H2O/c;;1-5-6(2,3)4;/h;;1H,(H,2,3,4);1H2/q2*+1;;/p-2. The van der Waals surface area contributed by atoms with Crippen LogP contribution < -0.4 is 108 Å². The van der Waals surface area contributed by atoms with Gasteiger partial charge in [-0.1, -0.05) is 0 Å². The zero-order valence-corrected chi connectivity index (χ0v) is 12.0. The van der Waals surface area contributed by atoms with Crippen LogP contribution in [-0.2, 0) is 14.7 Å². The van der Waals surface area contributed by atoms with Crippen molar-refractivity contribution in [2.45, 2.75) is 0 Å². The fraction of sp³-hybridized carbons (Fsp3) is 0. The van der Waals surface area contributed by atoms with Crippen molar-refractivity contribution in [2.24, 2.45) is 0 Å². The summed E-state index contributed by atoms with van der Waals surface area (Å²) in [5, 5.41) is 8.55. The van der Waals surface area contributed by atoms with Crippen LogP contribution in [0, 0.1) is 0 Å². The molecule has 0 aliphatic rings. The molecule has 0 fully saturated rings. The topological polar surface area (TPSA) is 121 Å². The zero-order valence-electron chi connectivity index (χ0n) is 4.95. The number of hydrogen-bond donors (Lipinski definition) is 0. The summed E-state index contributed by atoms with van der Waals surface area (Å²) in [7, 11) is -4.97. The van der Waals surface area contributed by atoms with Crippen molar-refractivity contribution >= 4 is 10.4 Å². The van der Waals surface area contributed by atoms with Crippen LogP contribution in [0.3, 0.4) is 0 Å². The van der Waals surface area contributed by atoms with Crippen molar-refractivity contribution in [3.8, 4) is 0 Å². The first-order valence-corrected chi connectivity index (χ1v) is 2.17. The molecule has 0 atom stereocenters. The van der Waals surface area contributed by atoms with Gasteiger partial charge in [0.2, 0.25) is 10.4 Å². The Hall–Kier alpha value is 3.06. The van der Waals surface area contributed by atoms with E-state index in [0.717, 1.165) is 0 Å². The molecule has 0 aromatic heterocycles. The van der Waals surface area contributed by atoms with E-state index in [4.69, 9.17) is 18.2 Å². The Kier molecular flexibility index (Phi) is 27.9. The molecule has 0 aromatic rings. The first kappa shape index (κ1) is 22.7. The summed E-state index contributed by atoms with van der Waals surface area (Å²) in [4.78, 5) is 0. The molecule has 9 heavy (non-hydrogen) atoms. The molecular formula is H2K2O6S. The van der Waals surface area contributed by atoms with Crippen molar-refractivity contribution < 1.29 is 131 Å². The molecule has 0 heterocycles. The van der Waals surface area contributed by atoms with Crippen LogP contribution in [0.4, 0.5) is 0 Å². The van der Waals surface area contributed by atoms with Crippen molar-refractivity contribution in [1.82, 2.24) is 0 Å². The maximum Gasteiger partial charge on any atom is 1.00 e. The van der Waals surface area contributed by atoms with Crippen LogP contribution in [0.1, 0.15) is 0 Å². The molecule has 0 saturated heterocycles. The Labute approximate surface area is 137 Å². The predicted molar refractivity (Wildman–Crippen MR) is 14.4 cm³/mol. The van der Waals surface area contributed by atoms with E-state index in [1.807, 2.05) is 0 Å². The average molecular weight is 208 g/mol. The van der Waals surface area contributed by atoms with E-state index in [2.05, 4.69) is 4.33 Å². The molecule has 0 aliphatic heterocycles. The molecule has 0 amide bonds. The van der Waals surface area contributed by atoms with E-state index in [1.165, 1.54) is 0 Å². The quantitative estimate of drug-likeness (QED) is 0.139. The summed E-state index contributed by atoms with van der Waals surface area (Å²) in [6, 6.07) is 0. The second-order valence-electron chi connectivity index (χ2n) is 0.476. The minimum absolute atomic E-state index is 0. The Morgan fingerprint density at radius 1 is 1.22 bits per heavy atom. The normalized spacial score (nSPS) is 7.78. The SMILES string of the molecule is O.O=S(=O)([O-])O[O-].[K+].[K+]. The molecule has 0 radical (unpaired) electrons. The molecule has 0 spiro atoms. The van der Waals surface area contributed by atoms with Crippen molar-refractivity contribution in [1.29, 1.82) is 0 Å². The Bertz CT molecular complexity index is 113. The van der Waals surface area contributed by atoms with E-state index in [9.17, 15) is 0 Å². The van der Waals surface area contributed by atoms with Gasteiger partial charge in [-0.3, -0.25) is 0 Å². The van der Waals surface area contributed by atoms with E-state index >= 15 is 0 Å². The molecule has 0 saturated carbocycles. The van der Waals surface area contributed by atoms with Gasteiger partial charge < -0.3 is 19.6 Å². The van der Waals surface area contributed by atoms with Gasteiger partial charge in [-0.2, -0.15) is 0 Å². The van der Waals surface area contributed by atoms with E-state index in [-0.39, 0.29) is 108 Å². The third kappa shape index (κ3) is 24.7. The first-order valence-electron chi connectivity index (χ1n) is 0.833. The second kappa shape index (κ2) is 11.1. The van der Waals surface area contributed by atoms with Crippen LogP contribution in [0.5, 0.6) is 0 Å². The Morgan fingerprint density at radius 2 is 1.33 bits per heavy atom. The van der Waals surface area contributed by atoms with Crippen molar-refractivity contribution in [3.63, 3.8) is 0 Å². The summed E-state index contributed by atoms with van der Waals surface area (Å²) in [5.41, 5.74) is 0. The third-order valence-corrected chi connectivity index (χ3v) is 0.250. The Balaban J connectivity index is -0.0000000417. The monoisotopic (exact) mass is 208 g/mol. The predicted octanol–water partition coefficient (Wildman–Crippen LogP) is -9.08. The average Bonchev–Trinajstić information content (AvgIpc) is 1.35. The molecule has 0 rings (SSSR count). The molecule has 0 bridgehead atoms. The molecular weight excluding hydrogens is 206 g/mol. The summed E-state index contributed by atoms with van der Waals surface area (Å²) < 4.78 is 28.8. The molecule has 0 unspecified atom stereocenters. The van der Waals surface area contributed by atoms with Gasteiger partial charge in [0.25, 0.3) is 0 Å². The molecule has 46 valence electrons. The van der Waals surface area contributed by atoms with Gasteiger partial charge in [0.15, 0.2) is 0 Å². The minimum Gasteiger partial charge on any atom is -0.726 e. The van der Waals surface area contributed by atoms with Gasteiger partial charge in [-0.05, 0) is 0 Å². The van der Waals surface area contributed by atoms with Crippen molar-refractivity contribution in [2.75, 3.05) is 0 Å². The maximum atomic E-state index is 8.91. The molecule has 2 N–H and O–H groups in total. The number of hydrogen-bond acceptors (Lipinski definition) is 5. The van der Waals surface area contributed by atoms with Gasteiger partial charge in [-0.25, -0.2) is 8.42 Å². The van der Waals surface area contributed by atoms with Crippen molar-refractivity contribution in [3.05, 3.63) is 0 Å². The first-order chi connectivity index (χ1) is 2.56. The molecule has 6 nitrogen and oxygen atoms in total. The van der Waals surface area contributed by atoms with Crippen LogP contribution in [0.2, 0.25) is 0 Å². The van der Waals surface area contributed by atoms with E-state index in [1.54, 1.807) is 0 Å². The largest absolute Gasteiger partial charge is 1.00 e. The second-order valence-corrected chi connectivity index (χ2v) is 1.43. The van der Waals surface area contributed by atoms with Gasteiger partial charge in [0.05, 0.1) is 0 Å². The minimum atomic E-state index is -4.97. The molecule has 0 aromatic carbocycles. The van der Waals surface area contributed by atoms with Gasteiger partial charge >= 0.3 is 103 Å². The fourth-order valence-electron chi connectivity index (χ4n) is 0. The smallest absolute Gasteiger partial charge is 0.726 e. The number of rotatable bonds is 1. The van der Waals surface area contributed by atoms with Crippen LogP contribution in [-0.4, -0.2) is 18.4 Å². The molecule has 0 aliphatic carbocycles. The molecule has 9 heteroatoms. The van der Waals surface area contributed by atoms with Crippen LogP contribution >= 0.6 is 0 Å². The summed E-state index contributed by atoms with van der Waals surface area (Å²) in [6.07, 6.45) is 0. The third-order valence-electron chi connectivity index (χ3n) is 0.0833. The van der Waals surface area contributed by atoms with Gasteiger partial charge in [-0.15, -0.1) is 0 Å². The van der Waals surface area contributed by atoms with Gasteiger partial charge in [0.1, 0.15) is 0 Å². The zero-order chi connectivity index (χ0) is 5.21. The van der Waals surface area contributed by atoms with Gasteiger partial charge in [0, 0.05) is 0 Å². The van der Waals surface area contributed by atoms with Crippen LogP contribution in [0.25, 0.3) is 0 Å². The maximum absolute atomic E-state index is 8.91. The van der Waals surface area contributed by atoms with Crippen LogP contribution in [0.15, 0.2) is 0 Å².